The Kier molecular flexibility index (Phi) is 3.71. The van der Waals surface area contributed by atoms with Gasteiger partial charge in [-0.1, -0.05) is 0 Å². The lowest BCUT2D eigenvalue weighted by Crippen LogP contribution is -2.30. The lowest BCUT2D eigenvalue weighted by molar-refractivity contribution is 0.253. The number of nitrogens with one attached hydrogen (secondary N) is 1. The number of rotatable bonds is 4. The molecule has 1 saturated heterocycles. The molecular weight excluding hydrogens is 198 g/mol. The number of ether oxygens (including phenoxy) is 1. The highest BCUT2D eigenvalue weighted by Crippen LogP contribution is 2.16. The van der Waals surface area contributed by atoms with Crippen molar-refractivity contribution >= 4 is 11.5 Å². The van der Waals surface area contributed by atoms with Crippen LogP contribution >= 0.6 is 11.5 Å². The van der Waals surface area contributed by atoms with Gasteiger partial charge in [0.2, 0.25) is 0 Å². The Bertz CT molecular complexity index is 247. The molecule has 78 valence electrons. The smallest absolute Gasteiger partial charge is 0.292 e. The van der Waals surface area contributed by atoms with E-state index in [2.05, 4.69) is 14.7 Å². The molecule has 2 heterocycles. The fourth-order valence-corrected chi connectivity index (χ4v) is 2.12. The lowest BCUT2D eigenvalue weighted by atomic mass is 9.97. The minimum absolute atomic E-state index is 0.689. The van der Waals surface area contributed by atoms with Crippen molar-refractivity contribution in [2.45, 2.75) is 19.3 Å². The van der Waals surface area contributed by atoms with Crippen LogP contribution < -0.4 is 10.1 Å². The van der Waals surface area contributed by atoms with Crippen LogP contribution in [0, 0.1) is 5.92 Å². The highest BCUT2D eigenvalue weighted by molar-refractivity contribution is 7.07. The quantitative estimate of drug-likeness (QED) is 0.819. The SMILES string of the molecule is c1nsc(OCCC2CCCNC2)n1. The van der Waals surface area contributed by atoms with Crippen LogP contribution in [0.25, 0.3) is 0 Å². The second-order valence-electron chi connectivity index (χ2n) is 3.56. The zero-order chi connectivity index (χ0) is 9.64. The van der Waals surface area contributed by atoms with Crippen LogP contribution in [0.4, 0.5) is 0 Å². The van der Waals surface area contributed by atoms with Gasteiger partial charge in [0, 0.05) is 11.5 Å². The molecule has 1 aliphatic heterocycles. The van der Waals surface area contributed by atoms with Gasteiger partial charge in [-0.05, 0) is 38.3 Å². The summed E-state index contributed by atoms with van der Waals surface area (Å²) in [7, 11) is 0. The lowest BCUT2D eigenvalue weighted by Gasteiger charge is -2.22. The normalized spacial score (nSPS) is 22.1. The average Bonchev–Trinajstić information content (AvgIpc) is 2.72. The summed E-state index contributed by atoms with van der Waals surface area (Å²) in [6.45, 7) is 3.08. The van der Waals surface area contributed by atoms with Crippen molar-refractivity contribution in [1.29, 1.82) is 0 Å². The van der Waals surface area contributed by atoms with Crippen LogP contribution in [0.3, 0.4) is 0 Å². The largest absolute Gasteiger partial charge is 0.469 e. The maximum atomic E-state index is 5.47. The molecule has 0 aliphatic carbocycles. The molecule has 1 unspecified atom stereocenters. The van der Waals surface area contributed by atoms with Crippen molar-refractivity contribution in [3.05, 3.63) is 6.33 Å². The van der Waals surface area contributed by atoms with Crippen LogP contribution in [-0.2, 0) is 0 Å². The summed E-state index contributed by atoms with van der Waals surface area (Å²) in [5, 5.41) is 4.09. The molecule has 0 saturated carbocycles. The number of aromatic nitrogens is 2. The number of nitrogens with zero attached hydrogens (tertiary/aromatic N) is 2. The molecule has 0 aromatic carbocycles. The first-order chi connectivity index (χ1) is 6.95. The van der Waals surface area contributed by atoms with E-state index < -0.39 is 0 Å². The van der Waals surface area contributed by atoms with Gasteiger partial charge in [-0.3, -0.25) is 0 Å². The third kappa shape index (κ3) is 2.92. The Hall–Kier alpha value is -0.680. The molecule has 1 aromatic heterocycles. The van der Waals surface area contributed by atoms with Crippen molar-refractivity contribution in [1.82, 2.24) is 14.7 Å². The summed E-state index contributed by atoms with van der Waals surface area (Å²) in [4.78, 5) is 3.97. The van der Waals surface area contributed by atoms with Gasteiger partial charge in [-0.15, -0.1) is 0 Å². The fraction of sp³-hybridized carbons (Fsp3) is 0.778. The van der Waals surface area contributed by atoms with Crippen molar-refractivity contribution in [2.75, 3.05) is 19.7 Å². The third-order valence-electron chi connectivity index (χ3n) is 2.49. The van der Waals surface area contributed by atoms with Gasteiger partial charge < -0.3 is 10.1 Å². The Balaban J connectivity index is 1.62. The monoisotopic (exact) mass is 213 g/mol. The first kappa shape index (κ1) is 9.86. The summed E-state index contributed by atoms with van der Waals surface area (Å²) < 4.78 is 9.35. The molecule has 14 heavy (non-hydrogen) atoms. The number of hydrogen-bond donors (Lipinski definition) is 1. The van der Waals surface area contributed by atoms with Crippen molar-refractivity contribution in [2.24, 2.45) is 5.92 Å². The van der Waals surface area contributed by atoms with Crippen LogP contribution in [0.1, 0.15) is 19.3 Å². The summed E-state index contributed by atoms with van der Waals surface area (Å²) >= 11 is 1.31. The molecule has 0 spiro atoms. The fourth-order valence-electron chi connectivity index (χ4n) is 1.71. The van der Waals surface area contributed by atoms with Crippen LogP contribution in [0.15, 0.2) is 6.33 Å². The topological polar surface area (TPSA) is 47.0 Å². The van der Waals surface area contributed by atoms with Gasteiger partial charge in [0.25, 0.3) is 5.19 Å². The van der Waals surface area contributed by atoms with Gasteiger partial charge >= 0.3 is 0 Å². The van der Waals surface area contributed by atoms with E-state index in [1.165, 1.54) is 37.2 Å². The summed E-state index contributed by atoms with van der Waals surface area (Å²) in [5.41, 5.74) is 0. The van der Waals surface area contributed by atoms with Gasteiger partial charge in [0.15, 0.2) is 0 Å². The van der Waals surface area contributed by atoms with E-state index in [9.17, 15) is 0 Å². The van der Waals surface area contributed by atoms with Crippen molar-refractivity contribution in [3.63, 3.8) is 0 Å². The predicted octanol–water partition coefficient (Wildman–Crippen LogP) is 1.31. The number of hydrogen-bond acceptors (Lipinski definition) is 5. The Morgan fingerprint density at radius 1 is 1.64 bits per heavy atom. The molecule has 2 rings (SSSR count). The maximum Gasteiger partial charge on any atom is 0.292 e. The van der Waals surface area contributed by atoms with E-state index in [0.717, 1.165) is 25.5 Å². The molecule has 0 radical (unpaired) electrons. The standard InChI is InChI=1S/C9H15N3OS/c1-2-8(6-10-4-1)3-5-13-9-11-7-12-14-9/h7-8,10H,1-6H2. The molecule has 1 N–H and O–H groups in total. The zero-order valence-electron chi connectivity index (χ0n) is 8.11. The molecule has 1 atom stereocenters. The van der Waals surface area contributed by atoms with Crippen molar-refractivity contribution in [3.8, 4) is 5.19 Å². The molecule has 5 heteroatoms. The summed E-state index contributed by atoms with van der Waals surface area (Å²) in [6.07, 6.45) is 5.27. The molecular formula is C9H15N3OS. The average molecular weight is 213 g/mol. The highest BCUT2D eigenvalue weighted by Gasteiger charge is 2.12. The molecule has 0 bridgehead atoms. The second-order valence-corrected chi connectivity index (χ2v) is 4.30. The van der Waals surface area contributed by atoms with E-state index in [-0.39, 0.29) is 0 Å². The molecule has 4 nitrogen and oxygen atoms in total. The first-order valence-corrected chi connectivity index (χ1v) is 5.82. The maximum absolute atomic E-state index is 5.47. The molecule has 1 aromatic rings. The summed E-state index contributed by atoms with van der Waals surface area (Å²) in [6, 6.07) is 0. The van der Waals surface area contributed by atoms with E-state index >= 15 is 0 Å². The molecule has 0 amide bonds. The van der Waals surface area contributed by atoms with Crippen LogP contribution in [0.2, 0.25) is 0 Å². The van der Waals surface area contributed by atoms with E-state index in [1.54, 1.807) is 0 Å². The predicted molar refractivity (Wildman–Crippen MR) is 55.6 cm³/mol. The highest BCUT2D eigenvalue weighted by atomic mass is 32.1. The Labute approximate surface area is 87.9 Å². The first-order valence-electron chi connectivity index (χ1n) is 5.05. The zero-order valence-corrected chi connectivity index (χ0v) is 8.92. The minimum atomic E-state index is 0.689. The molecule has 1 fully saturated rings. The van der Waals surface area contributed by atoms with Gasteiger partial charge in [-0.25, -0.2) is 0 Å². The van der Waals surface area contributed by atoms with Crippen molar-refractivity contribution < 1.29 is 4.74 Å². The number of piperidine rings is 1. The van der Waals surface area contributed by atoms with E-state index in [0.29, 0.717) is 5.19 Å². The minimum Gasteiger partial charge on any atom is -0.469 e. The third-order valence-corrected chi connectivity index (χ3v) is 3.07. The summed E-state index contributed by atoms with van der Waals surface area (Å²) in [5.74, 6) is 0.775. The van der Waals surface area contributed by atoms with Crippen LogP contribution in [-0.4, -0.2) is 29.1 Å². The van der Waals surface area contributed by atoms with E-state index in [4.69, 9.17) is 4.74 Å². The Morgan fingerprint density at radius 3 is 3.36 bits per heavy atom. The van der Waals surface area contributed by atoms with Gasteiger partial charge in [0.1, 0.15) is 6.33 Å². The Morgan fingerprint density at radius 2 is 2.64 bits per heavy atom. The van der Waals surface area contributed by atoms with Crippen LogP contribution in [0.5, 0.6) is 5.19 Å². The second kappa shape index (κ2) is 5.26. The molecule has 1 aliphatic rings. The van der Waals surface area contributed by atoms with Gasteiger partial charge in [0.05, 0.1) is 6.61 Å². The van der Waals surface area contributed by atoms with Gasteiger partial charge in [-0.2, -0.15) is 9.36 Å². The van der Waals surface area contributed by atoms with E-state index in [1.807, 2.05) is 0 Å².